The SMILES string of the molecule is CN1CCOB(c2ccc(COC(=O)c3ncn4c(=O)n(C)nnc34)cc2)OCC1. The molecule has 4 rings (SSSR count). The number of esters is 1. The molecule has 1 aliphatic heterocycles. The largest absolute Gasteiger partial charge is 0.493 e. The lowest BCUT2D eigenvalue weighted by atomic mass is 9.78. The van der Waals surface area contributed by atoms with Crippen molar-refractivity contribution in [3.63, 3.8) is 0 Å². The number of nitrogens with zero attached hydrogens (tertiary/aromatic N) is 6. The fraction of sp³-hybridized carbons (Fsp3) is 0.389. The highest BCUT2D eigenvalue weighted by molar-refractivity contribution is 6.61. The minimum atomic E-state index is -0.681. The highest BCUT2D eigenvalue weighted by Crippen LogP contribution is 2.08. The highest BCUT2D eigenvalue weighted by atomic mass is 16.6. The number of benzene rings is 1. The molecule has 12 heteroatoms. The van der Waals surface area contributed by atoms with Gasteiger partial charge in [0.25, 0.3) is 0 Å². The van der Waals surface area contributed by atoms with Crippen LogP contribution < -0.4 is 11.2 Å². The van der Waals surface area contributed by atoms with E-state index in [4.69, 9.17) is 14.0 Å². The molecule has 0 aliphatic carbocycles. The van der Waals surface area contributed by atoms with Crippen molar-refractivity contribution < 1.29 is 18.8 Å². The molecule has 156 valence electrons. The summed E-state index contributed by atoms with van der Waals surface area (Å²) >= 11 is 0. The van der Waals surface area contributed by atoms with Crippen molar-refractivity contribution in [3.05, 3.63) is 52.3 Å². The molecule has 0 spiro atoms. The minimum Gasteiger partial charge on any atom is -0.456 e. The predicted molar refractivity (Wildman–Crippen MR) is 106 cm³/mol. The van der Waals surface area contributed by atoms with E-state index in [2.05, 4.69) is 20.2 Å². The first-order chi connectivity index (χ1) is 14.5. The molecule has 30 heavy (non-hydrogen) atoms. The maximum atomic E-state index is 12.4. The summed E-state index contributed by atoms with van der Waals surface area (Å²) in [4.78, 5) is 30.4. The molecule has 0 bridgehead atoms. The Morgan fingerprint density at radius 1 is 1.17 bits per heavy atom. The zero-order valence-electron chi connectivity index (χ0n) is 16.7. The van der Waals surface area contributed by atoms with Gasteiger partial charge in [0.15, 0.2) is 11.3 Å². The molecular weight excluding hydrogens is 391 g/mol. The molecule has 11 nitrogen and oxygen atoms in total. The van der Waals surface area contributed by atoms with Crippen molar-refractivity contribution in [2.45, 2.75) is 6.61 Å². The van der Waals surface area contributed by atoms with E-state index in [-0.39, 0.29) is 17.9 Å². The number of imidazole rings is 1. The summed E-state index contributed by atoms with van der Waals surface area (Å²) in [6.07, 6.45) is 1.23. The molecule has 0 unspecified atom stereocenters. The standard InChI is InChI=1S/C18H21BN6O5/c1-23-7-9-29-19(30-10-8-23)14-5-3-13(4-6-14)11-28-17(26)15-16-21-22-24(2)18(27)25(16)12-20-15/h3-6,12H,7-11H2,1-2H3. The van der Waals surface area contributed by atoms with Crippen LogP contribution in [0.15, 0.2) is 35.4 Å². The van der Waals surface area contributed by atoms with Crippen LogP contribution in [0.1, 0.15) is 16.1 Å². The van der Waals surface area contributed by atoms with Gasteiger partial charge in [-0.2, -0.15) is 4.68 Å². The normalized spacial score (nSPS) is 15.7. The van der Waals surface area contributed by atoms with Gasteiger partial charge in [-0.1, -0.05) is 29.5 Å². The van der Waals surface area contributed by atoms with Crippen LogP contribution in [0.2, 0.25) is 0 Å². The van der Waals surface area contributed by atoms with Gasteiger partial charge >= 0.3 is 18.8 Å². The van der Waals surface area contributed by atoms with E-state index >= 15 is 0 Å². The Morgan fingerprint density at radius 2 is 1.87 bits per heavy atom. The number of hydrogen-bond donors (Lipinski definition) is 0. The molecule has 0 amide bonds. The lowest BCUT2D eigenvalue weighted by Gasteiger charge is -2.24. The van der Waals surface area contributed by atoms with Crippen LogP contribution in [0.5, 0.6) is 0 Å². The van der Waals surface area contributed by atoms with Gasteiger partial charge in [0.05, 0.1) is 0 Å². The highest BCUT2D eigenvalue weighted by Gasteiger charge is 2.23. The van der Waals surface area contributed by atoms with Crippen molar-refractivity contribution in [2.75, 3.05) is 33.4 Å². The number of ether oxygens (including phenoxy) is 1. The van der Waals surface area contributed by atoms with E-state index in [1.165, 1.54) is 13.4 Å². The maximum absolute atomic E-state index is 12.4. The van der Waals surface area contributed by atoms with E-state index in [0.29, 0.717) is 13.2 Å². The molecule has 3 aromatic rings. The Kier molecular flexibility index (Phi) is 5.88. The second-order valence-electron chi connectivity index (χ2n) is 6.98. The van der Waals surface area contributed by atoms with Gasteiger partial charge in [-0.15, -0.1) is 5.10 Å². The van der Waals surface area contributed by atoms with E-state index in [1.807, 2.05) is 31.3 Å². The number of hydrogen-bond acceptors (Lipinski definition) is 9. The van der Waals surface area contributed by atoms with Crippen LogP contribution in [-0.4, -0.2) is 75.7 Å². The molecule has 0 N–H and O–H groups in total. The van der Waals surface area contributed by atoms with Crippen molar-refractivity contribution in [1.29, 1.82) is 0 Å². The Bertz CT molecular complexity index is 1090. The smallest absolute Gasteiger partial charge is 0.456 e. The lowest BCUT2D eigenvalue weighted by molar-refractivity contribution is 0.0468. The fourth-order valence-corrected chi connectivity index (χ4v) is 3.00. The topological polar surface area (TPSA) is 113 Å². The number of aromatic nitrogens is 5. The molecule has 0 saturated carbocycles. The zero-order chi connectivity index (χ0) is 21.1. The number of carbonyl (C=O) groups is 1. The molecule has 0 atom stereocenters. The van der Waals surface area contributed by atoms with Crippen LogP contribution >= 0.6 is 0 Å². The molecular formula is C18H21BN6O5. The molecule has 2 aromatic heterocycles. The van der Waals surface area contributed by atoms with E-state index < -0.39 is 18.8 Å². The average Bonchev–Trinajstić information content (AvgIpc) is 3.17. The maximum Gasteiger partial charge on any atom is 0.493 e. The zero-order valence-corrected chi connectivity index (χ0v) is 16.7. The Hall–Kier alpha value is -3.09. The van der Waals surface area contributed by atoms with Crippen molar-refractivity contribution >= 4 is 24.2 Å². The van der Waals surface area contributed by atoms with Crippen LogP contribution in [0.4, 0.5) is 0 Å². The predicted octanol–water partition coefficient (Wildman–Crippen LogP) is -1.15. The summed E-state index contributed by atoms with van der Waals surface area (Å²) in [7, 11) is 3.08. The lowest BCUT2D eigenvalue weighted by Crippen LogP contribution is -2.43. The molecule has 1 aromatic carbocycles. The molecule has 1 saturated heterocycles. The van der Waals surface area contributed by atoms with Crippen LogP contribution in [-0.2, 0) is 27.7 Å². The fourth-order valence-electron chi connectivity index (χ4n) is 3.00. The number of carbonyl (C=O) groups excluding carboxylic acids is 1. The third-order valence-electron chi connectivity index (χ3n) is 4.80. The molecule has 1 aliphatic rings. The number of rotatable bonds is 4. The second-order valence-corrected chi connectivity index (χ2v) is 6.98. The monoisotopic (exact) mass is 412 g/mol. The van der Waals surface area contributed by atoms with Gasteiger partial charge in [-0.05, 0) is 18.1 Å². The van der Waals surface area contributed by atoms with Crippen molar-refractivity contribution in [2.24, 2.45) is 7.05 Å². The van der Waals surface area contributed by atoms with Crippen LogP contribution in [0, 0.1) is 0 Å². The first-order valence-electron chi connectivity index (χ1n) is 9.47. The molecule has 3 heterocycles. The number of aryl methyl sites for hydroxylation is 1. The van der Waals surface area contributed by atoms with Gasteiger partial charge in [0.1, 0.15) is 12.9 Å². The third-order valence-corrected chi connectivity index (χ3v) is 4.80. The minimum absolute atomic E-state index is 0.0492. The second kappa shape index (κ2) is 8.73. The first kappa shape index (κ1) is 20.2. The summed E-state index contributed by atoms with van der Waals surface area (Å²) < 4.78 is 19.1. The first-order valence-corrected chi connectivity index (χ1v) is 9.47. The van der Waals surface area contributed by atoms with Crippen LogP contribution in [0.25, 0.3) is 5.65 Å². The van der Waals surface area contributed by atoms with Gasteiger partial charge < -0.3 is 18.9 Å². The Morgan fingerprint density at radius 3 is 2.57 bits per heavy atom. The van der Waals surface area contributed by atoms with Crippen molar-refractivity contribution in [1.82, 2.24) is 29.3 Å². The molecule has 0 radical (unpaired) electrons. The third kappa shape index (κ3) is 4.25. The van der Waals surface area contributed by atoms with Crippen LogP contribution in [0.3, 0.4) is 0 Å². The average molecular weight is 412 g/mol. The van der Waals surface area contributed by atoms with Gasteiger partial charge in [0, 0.05) is 33.4 Å². The Balaban J connectivity index is 1.39. The quantitative estimate of drug-likeness (QED) is 0.387. The number of likely N-dealkylation sites (N-methyl/N-ethyl adjacent to an activating group) is 1. The van der Waals surface area contributed by atoms with E-state index in [9.17, 15) is 9.59 Å². The summed E-state index contributed by atoms with van der Waals surface area (Å²) in [6, 6.07) is 7.48. The van der Waals surface area contributed by atoms with Gasteiger partial charge in [-0.3, -0.25) is 0 Å². The summed E-state index contributed by atoms with van der Waals surface area (Å²) in [5, 5.41) is 7.51. The van der Waals surface area contributed by atoms with E-state index in [0.717, 1.165) is 33.2 Å². The summed E-state index contributed by atoms with van der Waals surface area (Å²) in [6.45, 7) is 2.93. The molecule has 1 fully saturated rings. The van der Waals surface area contributed by atoms with Gasteiger partial charge in [0.2, 0.25) is 0 Å². The van der Waals surface area contributed by atoms with Gasteiger partial charge in [-0.25, -0.2) is 19.0 Å². The van der Waals surface area contributed by atoms with E-state index in [1.54, 1.807) is 0 Å². The Labute approximate surface area is 172 Å². The summed E-state index contributed by atoms with van der Waals surface area (Å²) in [5.74, 6) is -0.681. The van der Waals surface area contributed by atoms with Crippen molar-refractivity contribution in [3.8, 4) is 0 Å². The summed E-state index contributed by atoms with van der Waals surface area (Å²) in [5.41, 5.74) is 1.25. The number of fused-ring (bicyclic) bond motifs is 1.